The number of aryl methyl sites for hydroxylation is 3. The van der Waals surface area contributed by atoms with E-state index in [-0.39, 0.29) is 5.91 Å². The molecule has 0 saturated carbocycles. The van der Waals surface area contributed by atoms with E-state index < -0.39 is 16.1 Å². The van der Waals surface area contributed by atoms with Crippen molar-refractivity contribution in [3.05, 3.63) is 33.1 Å². The standard InChI is InChI=1S/C19H25N3O3S3/c23-19(15-7-4-12-22(15)28(24,25)18-10-5-13-26-18)20-11-3-9-17-21-14-6-1-2-8-16(14)27-17/h5,10,13,15H,1-4,6-9,11-12H2,(H,20,23). The van der Waals surface area contributed by atoms with Crippen LogP contribution in [0.1, 0.15) is 47.7 Å². The number of sulfonamides is 1. The molecule has 2 aromatic rings. The molecule has 1 amide bonds. The van der Waals surface area contributed by atoms with Crippen molar-refractivity contribution in [2.24, 2.45) is 0 Å². The van der Waals surface area contributed by atoms with Crippen LogP contribution in [0.25, 0.3) is 0 Å². The first kappa shape index (κ1) is 20.0. The van der Waals surface area contributed by atoms with Crippen molar-refractivity contribution in [3.63, 3.8) is 0 Å². The molecule has 1 atom stereocenters. The maximum Gasteiger partial charge on any atom is 0.253 e. The van der Waals surface area contributed by atoms with Gasteiger partial charge in [-0.3, -0.25) is 4.79 Å². The number of thiazole rings is 1. The van der Waals surface area contributed by atoms with Gasteiger partial charge in [0.25, 0.3) is 10.0 Å². The molecule has 0 radical (unpaired) electrons. The van der Waals surface area contributed by atoms with E-state index in [0.29, 0.717) is 30.1 Å². The molecule has 0 aromatic carbocycles. The Kier molecular flexibility index (Phi) is 6.15. The Labute approximate surface area is 174 Å². The van der Waals surface area contributed by atoms with Crippen molar-refractivity contribution in [2.45, 2.75) is 61.6 Å². The van der Waals surface area contributed by atoms with Gasteiger partial charge in [-0.15, -0.1) is 22.7 Å². The van der Waals surface area contributed by atoms with Crippen molar-refractivity contribution in [1.29, 1.82) is 0 Å². The van der Waals surface area contributed by atoms with Gasteiger partial charge in [0, 0.05) is 24.4 Å². The van der Waals surface area contributed by atoms with Crippen LogP contribution >= 0.6 is 22.7 Å². The quantitative estimate of drug-likeness (QED) is 0.673. The molecule has 1 aliphatic carbocycles. The summed E-state index contributed by atoms with van der Waals surface area (Å²) in [4.78, 5) is 18.8. The van der Waals surface area contributed by atoms with Crippen LogP contribution in [0.3, 0.4) is 0 Å². The summed E-state index contributed by atoms with van der Waals surface area (Å²) >= 11 is 3.01. The van der Waals surface area contributed by atoms with Crippen LogP contribution in [0.2, 0.25) is 0 Å². The van der Waals surface area contributed by atoms with E-state index in [1.807, 2.05) is 11.3 Å². The van der Waals surface area contributed by atoms with E-state index in [9.17, 15) is 13.2 Å². The van der Waals surface area contributed by atoms with Crippen molar-refractivity contribution >= 4 is 38.6 Å². The van der Waals surface area contributed by atoms with E-state index in [1.165, 1.54) is 39.1 Å². The van der Waals surface area contributed by atoms with Gasteiger partial charge in [-0.1, -0.05) is 6.07 Å². The highest BCUT2D eigenvalue weighted by Gasteiger charge is 2.39. The number of carbonyl (C=O) groups excluding carboxylic acids is 1. The van der Waals surface area contributed by atoms with Gasteiger partial charge in [0.05, 0.1) is 10.7 Å². The average Bonchev–Trinajstić information content (AvgIpc) is 3.44. The maximum absolute atomic E-state index is 12.8. The number of nitrogens with one attached hydrogen (secondary N) is 1. The number of carbonyl (C=O) groups is 1. The summed E-state index contributed by atoms with van der Waals surface area (Å²) in [6.07, 6.45) is 7.72. The summed E-state index contributed by atoms with van der Waals surface area (Å²) in [5.41, 5.74) is 1.27. The molecule has 4 rings (SSSR count). The molecule has 2 aromatic heterocycles. The lowest BCUT2D eigenvalue weighted by Crippen LogP contribution is -2.45. The van der Waals surface area contributed by atoms with Crippen molar-refractivity contribution in [3.8, 4) is 0 Å². The summed E-state index contributed by atoms with van der Waals surface area (Å²) < 4.78 is 27.2. The maximum atomic E-state index is 12.8. The number of fused-ring (bicyclic) bond motifs is 1. The van der Waals surface area contributed by atoms with Gasteiger partial charge in [0.2, 0.25) is 5.91 Å². The fourth-order valence-electron chi connectivity index (χ4n) is 3.90. The van der Waals surface area contributed by atoms with E-state index in [4.69, 9.17) is 4.98 Å². The predicted octanol–water partition coefficient (Wildman–Crippen LogP) is 2.99. The Hall–Kier alpha value is -1.29. The van der Waals surface area contributed by atoms with Crippen LogP contribution in [0.15, 0.2) is 21.7 Å². The molecule has 0 spiro atoms. The second-order valence-corrected chi connectivity index (χ2v) is 11.5. The first-order chi connectivity index (χ1) is 13.6. The topological polar surface area (TPSA) is 79.4 Å². The van der Waals surface area contributed by atoms with Crippen molar-refractivity contribution < 1.29 is 13.2 Å². The molecule has 1 saturated heterocycles. The molecular formula is C19H25N3O3S3. The number of aromatic nitrogens is 1. The SMILES string of the molecule is O=C(NCCCc1nc2c(s1)CCCC2)C1CCCN1S(=O)(=O)c1cccs1. The molecule has 3 heterocycles. The fourth-order valence-corrected chi connectivity index (χ4v) is 7.87. The van der Waals surface area contributed by atoms with Gasteiger partial charge in [0.15, 0.2) is 0 Å². The van der Waals surface area contributed by atoms with Gasteiger partial charge in [0.1, 0.15) is 10.3 Å². The van der Waals surface area contributed by atoms with Crippen LogP contribution in [0.5, 0.6) is 0 Å². The molecule has 6 nitrogen and oxygen atoms in total. The lowest BCUT2D eigenvalue weighted by molar-refractivity contribution is -0.124. The lowest BCUT2D eigenvalue weighted by Gasteiger charge is -2.22. The average molecular weight is 440 g/mol. The van der Waals surface area contributed by atoms with Gasteiger partial charge in [-0.2, -0.15) is 4.31 Å². The molecule has 1 fully saturated rings. The summed E-state index contributed by atoms with van der Waals surface area (Å²) in [5, 5.41) is 5.84. The largest absolute Gasteiger partial charge is 0.355 e. The Balaban J connectivity index is 1.29. The van der Waals surface area contributed by atoms with E-state index >= 15 is 0 Å². The van der Waals surface area contributed by atoms with E-state index in [1.54, 1.807) is 17.5 Å². The van der Waals surface area contributed by atoms with E-state index in [2.05, 4.69) is 5.32 Å². The second kappa shape index (κ2) is 8.61. The van der Waals surface area contributed by atoms with Gasteiger partial charge in [-0.25, -0.2) is 13.4 Å². The van der Waals surface area contributed by atoms with Crippen LogP contribution in [0, 0.1) is 0 Å². The highest BCUT2D eigenvalue weighted by molar-refractivity contribution is 7.91. The van der Waals surface area contributed by atoms with Crippen molar-refractivity contribution in [1.82, 2.24) is 14.6 Å². The Morgan fingerprint density at radius 1 is 1.29 bits per heavy atom. The summed E-state index contributed by atoms with van der Waals surface area (Å²) in [7, 11) is -3.58. The molecule has 9 heteroatoms. The normalized spacial score (nSPS) is 20.2. The highest BCUT2D eigenvalue weighted by Crippen LogP contribution is 2.29. The van der Waals surface area contributed by atoms with E-state index in [0.717, 1.165) is 30.7 Å². The molecule has 152 valence electrons. The summed E-state index contributed by atoms with van der Waals surface area (Å²) in [6.45, 7) is 0.954. The zero-order valence-electron chi connectivity index (χ0n) is 15.7. The number of thiophene rings is 1. The monoisotopic (exact) mass is 439 g/mol. The number of rotatable bonds is 7. The predicted molar refractivity (Wildman–Crippen MR) is 111 cm³/mol. The Morgan fingerprint density at radius 3 is 2.93 bits per heavy atom. The smallest absolute Gasteiger partial charge is 0.253 e. The lowest BCUT2D eigenvalue weighted by atomic mass is 10.0. The molecule has 1 unspecified atom stereocenters. The number of hydrogen-bond donors (Lipinski definition) is 1. The zero-order valence-corrected chi connectivity index (χ0v) is 18.2. The Bertz CT molecular complexity index is 898. The molecule has 2 aliphatic rings. The molecule has 28 heavy (non-hydrogen) atoms. The van der Waals surface area contributed by atoms with Gasteiger partial charge >= 0.3 is 0 Å². The number of nitrogens with zero attached hydrogens (tertiary/aromatic N) is 2. The summed E-state index contributed by atoms with van der Waals surface area (Å²) in [6, 6.07) is 2.72. The minimum Gasteiger partial charge on any atom is -0.355 e. The molecule has 1 aliphatic heterocycles. The first-order valence-electron chi connectivity index (χ1n) is 9.86. The molecular weight excluding hydrogens is 414 g/mol. The third-order valence-corrected chi connectivity index (χ3v) is 9.82. The number of hydrogen-bond acceptors (Lipinski definition) is 6. The third-order valence-electron chi connectivity index (χ3n) is 5.32. The number of amides is 1. The van der Waals surface area contributed by atoms with Crippen LogP contribution in [0.4, 0.5) is 0 Å². The zero-order chi connectivity index (χ0) is 19.6. The fraction of sp³-hybridized carbons (Fsp3) is 0.579. The third kappa shape index (κ3) is 4.17. The minimum absolute atomic E-state index is 0.184. The molecule has 1 N–H and O–H groups in total. The van der Waals surface area contributed by atoms with Gasteiger partial charge < -0.3 is 5.32 Å². The van der Waals surface area contributed by atoms with Crippen LogP contribution in [-0.4, -0.2) is 42.7 Å². The summed E-state index contributed by atoms with van der Waals surface area (Å²) in [5.74, 6) is -0.184. The van der Waals surface area contributed by atoms with Gasteiger partial charge in [-0.05, 0) is 56.4 Å². The highest BCUT2D eigenvalue weighted by atomic mass is 32.2. The van der Waals surface area contributed by atoms with Crippen LogP contribution in [-0.2, 0) is 34.1 Å². The van der Waals surface area contributed by atoms with Crippen LogP contribution < -0.4 is 5.32 Å². The second-order valence-electron chi connectivity index (χ2n) is 7.29. The molecule has 0 bridgehead atoms. The van der Waals surface area contributed by atoms with Crippen molar-refractivity contribution in [2.75, 3.05) is 13.1 Å². The minimum atomic E-state index is -3.58. The first-order valence-corrected chi connectivity index (χ1v) is 13.0. The Morgan fingerprint density at radius 2 is 2.14 bits per heavy atom.